The van der Waals surface area contributed by atoms with Crippen molar-refractivity contribution >= 4 is 0 Å². The predicted molar refractivity (Wildman–Crippen MR) is 61.7 cm³/mol. The van der Waals surface area contributed by atoms with Crippen molar-refractivity contribution in [3.8, 4) is 0 Å². The first-order valence-electron chi connectivity index (χ1n) is 5.48. The van der Waals surface area contributed by atoms with Gasteiger partial charge in [-0.3, -0.25) is 0 Å². The molecule has 0 saturated heterocycles. The highest BCUT2D eigenvalue weighted by Gasteiger charge is 2.13. The summed E-state index contributed by atoms with van der Waals surface area (Å²) in [5.74, 6) is 0. The molecule has 0 fully saturated rings. The molecular weight excluding hydrogens is 176 g/mol. The van der Waals surface area contributed by atoms with Gasteiger partial charge in [0.25, 0.3) is 0 Å². The minimum atomic E-state index is 0.106. The van der Waals surface area contributed by atoms with Gasteiger partial charge < -0.3 is 22.9 Å². The molecule has 0 aromatic carbocycles. The van der Waals surface area contributed by atoms with Crippen molar-refractivity contribution in [2.45, 2.75) is 63.7 Å². The van der Waals surface area contributed by atoms with Gasteiger partial charge in [-0.25, -0.2) is 0 Å². The Bertz CT molecular complexity index is 138. The van der Waals surface area contributed by atoms with Crippen LogP contribution >= 0.6 is 0 Å². The monoisotopic (exact) mass is 202 g/mol. The summed E-state index contributed by atoms with van der Waals surface area (Å²) in [6.45, 7) is 4.03. The molecule has 8 N–H and O–H groups in total. The normalized spacial score (nSPS) is 20.1. The third kappa shape index (κ3) is 7.26. The second-order valence-corrected chi connectivity index (χ2v) is 4.37. The fraction of sp³-hybridized carbons (Fsp3) is 1.00. The molecule has 4 nitrogen and oxygen atoms in total. The van der Waals surface area contributed by atoms with Gasteiger partial charge in [-0.15, -0.1) is 0 Å². The van der Waals surface area contributed by atoms with Crippen LogP contribution in [0.4, 0.5) is 0 Å². The predicted octanol–water partition coefficient (Wildman–Crippen LogP) is -0.104. The molecule has 0 aromatic rings. The van der Waals surface area contributed by atoms with Gasteiger partial charge in [-0.2, -0.15) is 0 Å². The van der Waals surface area contributed by atoms with E-state index in [0.29, 0.717) is 0 Å². The minimum absolute atomic E-state index is 0.106. The molecule has 0 heterocycles. The van der Waals surface area contributed by atoms with Crippen molar-refractivity contribution < 1.29 is 0 Å². The van der Waals surface area contributed by atoms with Crippen LogP contribution in [-0.4, -0.2) is 24.2 Å². The van der Waals surface area contributed by atoms with Crippen LogP contribution in [0.25, 0.3) is 0 Å². The summed E-state index contributed by atoms with van der Waals surface area (Å²) in [6.07, 6.45) is 3.46. The molecule has 4 atom stereocenters. The molecule has 0 saturated carbocycles. The zero-order valence-electron chi connectivity index (χ0n) is 9.45. The lowest BCUT2D eigenvalue weighted by Crippen LogP contribution is -2.38. The molecule has 0 aliphatic heterocycles. The number of nitrogens with two attached hydrogens (primary N) is 4. The Morgan fingerprint density at radius 1 is 0.786 bits per heavy atom. The summed E-state index contributed by atoms with van der Waals surface area (Å²) < 4.78 is 0. The second kappa shape index (κ2) is 7.17. The summed E-state index contributed by atoms with van der Waals surface area (Å²) in [4.78, 5) is 0. The second-order valence-electron chi connectivity index (χ2n) is 4.37. The van der Waals surface area contributed by atoms with Gasteiger partial charge in [-0.1, -0.05) is 6.92 Å². The van der Waals surface area contributed by atoms with Crippen LogP contribution in [0.1, 0.15) is 39.5 Å². The van der Waals surface area contributed by atoms with Crippen molar-refractivity contribution in [3.63, 3.8) is 0 Å². The van der Waals surface area contributed by atoms with Crippen molar-refractivity contribution in [2.75, 3.05) is 0 Å². The molecule has 0 rings (SSSR count). The van der Waals surface area contributed by atoms with E-state index in [1.165, 1.54) is 0 Å². The first-order valence-corrected chi connectivity index (χ1v) is 5.48. The first kappa shape index (κ1) is 13.8. The van der Waals surface area contributed by atoms with Gasteiger partial charge in [0, 0.05) is 24.2 Å². The summed E-state index contributed by atoms with van der Waals surface area (Å²) in [7, 11) is 0. The maximum atomic E-state index is 5.93. The molecule has 4 unspecified atom stereocenters. The van der Waals surface area contributed by atoms with Crippen LogP contribution in [0, 0.1) is 0 Å². The fourth-order valence-electron chi connectivity index (χ4n) is 1.61. The summed E-state index contributed by atoms with van der Waals surface area (Å²) in [6, 6.07) is 0.567. The molecule has 4 heteroatoms. The van der Waals surface area contributed by atoms with Gasteiger partial charge in [0.1, 0.15) is 0 Å². The van der Waals surface area contributed by atoms with Gasteiger partial charge in [0.2, 0.25) is 0 Å². The Morgan fingerprint density at radius 2 is 1.21 bits per heavy atom. The van der Waals surface area contributed by atoms with Crippen LogP contribution in [0.15, 0.2) is 0 Å². The van der Waals surface area contributed by atoms with E-state index in [4.69, 9.17) is 22.9 Å². The average Bonchev–Trinajstić information content (AvgIpc) is 2.01. The Morgan fingerprint density at radius 3 is 1.64 bits per heavy atom. The van der Waals surface area contributed by atoms with Gasteiger partial charge in [0.15, 0.2) is 0 Å². The number of rotatable bonds is 7. The van der Waals surface area contributed by atoms with Crippen LogP contribution in [0.5, 0.6) is 0 Å². The standard InChI is InChI=1S/C10H26N4/c1-3-8(12)5-10(14)6-9(13)4-7(2)11/h7-10H,3-6,11-14H2,1-2H3. The summed E-state index contributed by atoms with van der Waals surface area (Å²) in [5, 5.41) is 0. The van der Waals surface area contributed by atoms with E-state index in [9.17, 15) is 0 Å². The van der Waals surface area contributed by atoms with E-state index in [1.54, 1.807) is 0 Å². The van der Waals surface area contributed by atoms with E-state index >= 15 is 0 Å². The van der Waals surface area contributed by atoms with Crippen LogP contribution in [0.2, 0.25) is 0 Å². The fourth-order valence-corrected chi connectivity index (χ4v) is 1.61. The quantitative estimate of drug-likeness (QED) is 0.462. The third-order valence-electron chi connectivity index (χ3n) is 2.41. The largest absolute Gasteiger partial charge is 0.328 e. The lowest BCUT2D eigenvalue weighted by molar-refractivity contribution is 0.425. The minimum Gasteiger partial charge on any atom is -0.328 e. The molecule has 0 aliphatic carbocycles. The molecule has 0 bridgehead atoms. The first-order chi connectivity index (χ1) is 6.45. The van der Waals surface area contributed by atoms with Crippen LogP contribution in [-0.2, 0) is 0 Å². The summed E-state index contributed by atoms with van der Waals surface area (Å²) >= 11 is 0. The van der Waals surface area contributed by atoms with Gasteiger partial charge >= 0.3 is 0 Å². The topological polar surface area (TPSA) is 104 Å². The van der Waals surface area contributed by atoms with E-state index in [2.05, 4.69) is 6.92 Å². The molecule has 86 valence electrons. The van der Waals surface area contributed by atoms with Crippen LogP contribution < -0.4 is 22.9 Å². The van der Waals surface area contributed by atoms with Crippen LogP contribution in [0.3, 0.4) is 0 Å². The highest BCUT2D eigenvalue weighted by Crippen LogP contribution is 2.06. The Labute approximate surface area is 87.4 Å². The average molecular weight is 202 g/mol. The Hall–Kier alpha value is -0.160. The molecule has 0 amide bonds. The molecule has 0 radical (unpaired) electrons. The lowest BCUT2D eigenvalue weighted by atomic mass is 9.97. The molecular formula is C10H26N4. The maximum absolute atomic E-state index is 5.93. The molecule has 0 aromatic heterocycles. The van der Waals surface area contributed by atoms with E-state index in [-0.39, 0.29) is 24.2 Å². The number of hydrogen-bond donors (Lipinski definition) is 4. The maximum Gasteiger partial charge on any atom is 0.00682 e. The van der Waals surface area contributed by atoms with E-state index in [1.807, 2.05) is 6.92 Å². The molecule has 0 spiro atoms. The zero-order valence-corrected chi connectivity index (χ0v) is 9.45. The van der Waals surface area contributed by atoms with Crippen molar-refractivity contribution in [1.82, 2.24) is 0 Å². The Balaban J connectivity index is 3.65. The molecule has 14 heavy (non-hydrogen) atoms. The zero-order chi connectivity index (χ0) is 11.1. The third-order valence-corrected chi connectivity index (χ3v) is 2.41. The van der Waals surface area contributed by atoms with E-state index in [0.717, 1.165) is 25.7 Å². The van der Waals surface area contributed by atoms with Crippen molar-refractivity contribution in [3.05, 3.63) is 0 Å². The lowest BCUT2D eigenvalue weighted by Gasteiger charge is -2.20. The van der Waals surface area contributed by atoms with Crippen molar-refractivity contribution in [2.24, 2.45) is 22.9 Å². The highest BCUT2D eigenvalue weighted by molar-refractivity contribution is 4.76. The van der Waals surface area contributed by atoms with E-state index < -0.39 is 0 Å². The smallest absolute Gasteiger partial charge is 0.00682 e. The van der Waals surface area contributed by atoms with Gasteiger partial charge in [-0.05, 0) is 32.6 Å². The number of hydrogen-bond acceptors (Lipinski definition) is 4. The highest BCUT2D eigenvalue weighted by atomic mass is 14.7. The Kier molecular flexibility index (Phi) is 7.09. The molecule has 0 aliphatic rings. The SMILES string of the molecule is CCC(N)CC(N)CC(N)CC(C)N. The van der Waals surface area contributed by atoms with Crippen molar-refractivity contribution in [1.29, 1.82) is 0 Å². The van der Waals surface area contributed by atoms with Gasteiger partial charge in [0.05, 0.1) is 0 Å². The summed E-state index contributed by atoms with van der Waals surface area (Å²) in [5.41, 5.74) is 23.3.